The standard InChI is InChI=1S/C20H16ClN3O2/c1-26-14-10-8-13(9-11-14)24-19(23-17-7-3-2-6-16(17)21)18-15(20(24)25)5-4-12-22-18/h2-12,19,23H,1H3. The maximum absolute atomic E-state index is 13.0. The van der Waals surface area contributed by atoms with Crippen LogP contribution in [0.5, 0.6) is 5.75 Å². The molecule has 0 bridgehead atoms. The number of rotatable bonds is 4. The van der Waals surface area contributed by atoms with Crippen LogP contribution in [0.3, 0.4) is 0 Å². The van der Waals surface area contributed by atoms with Crippen LogP contribution in [-0.4, -0.2) is 18.0 Å². The molecule has 0 spiro atoms. The smallest absolute Gasteiger partial charge is 0.262 e. The van der Waals surface area contributed by atoms with Gasteiger partial charge >= 0.3 is 0 Å². The molecule has 1 atom stereocenters. The van der Waals surface area contributed by atoms with Crippen molar-refractivity contribution in [3.63, 3.8) is 0 Å². The second-order valence-corrected chi connectivity index (χ2v) is 6.24. The number of nitrogens with one attached hydrogen (secondary N) is 1. The van der Waals surface area contributed by atoms with Gasteiger partial charge in [0.25, 0.3) is 5.91 Å². The average molecular weight is 366 g/mol. The fourth-order valence-corrected chi connectivity index (χ4v) is 3.24. The van der Waals surface area contributed by atoms with Crippen molar-refractivity contribution < 1.29 is 9.53 Å². The van der Waals surface area contributed by atoms with Crippen LogP contribution in [0, 0.1) is 0 Å². The van der Waals surface area contributed by atoms with Crippen LogP contribution in [0.15, 0.2) is 66.9 Å². The van der Waals surface area contributed by atoms with Crippen molar-refractivity contribution in [1.82, 2.24) is 4.98 Å². The monoisotopic (exact) mass is 365 g/mol. The Hall–Kier alpha value is -3.05. The zero-order valence-electron chi connectivity index (χ0n) is 14.0. The summed E-state index contributed by atoms with van der Waals surface area (Å²) in [6, 6.07) is 18.3. The first kappa shape index (κ1) is 16.4. The SMILES string of the molecule is COc1ccc(N2C(=O)c3cccnc3C2Nc2ccccc2Cl)cc1. The molecule has 1 aromatic heterocycles. The summed E-state index contributed by atoms with van der Waals surface area (Å²) in [6.45, 7) is 0. The van der Waals surface area contributed by atoms with Gasteiger partial charge in [0.15, 0.2) is 6.17 Å². The molecule has 1 aliphatic rings. The van der Waals surface area contributed by atoms with Gasteiger partial charge in [-0.05, 0) is 48.5 Å². The largest absolute Gasteiger partial charge is 0.497 e. The summed E-state index contributed by atoms with van der Waals surface area (Å²) in [5.41, 5.74) is 2.74. The third-order valence-corrected chi connectivity index (χ3v) is 4.65. The maximum atomic E-state index is 13.0. The number of benzene rings is 2. The second-order valence-electron chi connectivity index (χ2n) is 5.84. The maximum Gasteiger partial charge on any atom is 0.262 e. The van der Waals surface area contributed by atoms with Crippen LogP contribution in [-0.2, 0) is 0 Å². The Morgan fingerprint density at radius 3 is 2.58 bits per heavy atom. The van der Waals surface area contributed by atoms with E-state index in [1.54, 1.807) is 36.4 Å². The van der Waals surface area contributed by atoms with E-state index in [2.05, 4.69) is 10.3 Å². The van der Waals surface area contributed by atoms with E-state index >= 15 is 0 Å². The van der Waals surface area contributed by atoms with E-state index in [1.807, 2.05) is 42.5 Å². The van der Waals surface area contributed by atoms with E-state index in [0.29, 0.717) is 16.3 Å². The van der Waals surface area contributed by atoms with Gasteiger partial charge in [-0.15, -0.1) is 0 Å². The Morgan fingerprint density at radius 1 is 1.08 bits per heavy atom. The number of nitrogens with zero attached hydrogens (tertiary/aromatic N) is 2. The fraction of sp³-hybridized carbons (Fsp3) is 0.100. The lowest BCUT2D eigenvalue weighted by molar-refractivity contribution is 0.0993. The van der Waals surface area contributed by atoms with Crippen LogP contribution in [0.25, 0.3) is 0 Å². The summed E-state index contributed by atoms with van der Waals surface area (Å²) in [5.74, 6) is 0.620. The Labute approximate surface area is 156 Å². The lowest BCUT2D eigenvalue weighted by Gasteiger charge is -2.27. The Bertz CT molecular complexity index is 959. The van der Waals surface area contributed by atoms with Crippen molar-refractivity contribution >= 4 is 28.9 Å². The molecule has 0 aliphatic carbocycles. The van der Waals surface area contributed by atoms with Gasteiger partial charge in [-0.3, -0.25) is 14.7 Å². The third-order valence-electron chi connectivity index (χ3n) is 4.32. The molecule has 2 aromatic carbocycles. The predicted octanol–water partition coefficient (Wildman–Crippen LogP) is 4.51. The third kappa shape index (κ3) is 2.76. The number of para-hydroxylation sites is 1. The van der Waals surface area contributed by atoms with E-state index in [4.69, 9.17) is 16.3 Å². The highest BCUT2D eigenvalue weighted by Crippen LogP contribution is 2.38. The molecule has 0 radical (unpaired) electrons. The van der Waals surface area contributed by atoms with Crippen molar-refractivity contribution in [2.75, 3.05) is 17.3 Å². The number of pyridine rings is 1. The molecule has 26 heavy (non-hydrogen) atoms. The van der Waals surface area contributed by atoms with E-state index in [-0.39, 0.29) is 5.91 Å². The first-order valence-electron chi connectivity index (χ1n) is 8.12. The summed E-state index contributed by atoms with van der Waals surface area (Å²) in [6.07, 6.45) is 1.23. The highest BCUT2D eigenvalue weighted by Gasteiger charge is 2.39. The lowest BCUT2D eigenvalue weighted by atomic mass is 10.2. The van der Waals surface area contributed by atoms with Gasteiger partial charge in [-0.25, -0.2) is 0 Å². The highest BCUT2D eigenvalue weighted by atomic mass is 35.5. The van der Waals surface area contributed by atoms with Crippen LogP contribution in [0.4, 0.5) is 11.4 Å². The Morgan fingerprint density at radius 2 is 1.85 bits per heavy atom. The Balaban J connectivity index is 1.78. The van der Waals surface area contributed by atoms with Crippen LogP contribution in [0.1, 0.15) is 22.2 Å². The number of hydrogen-bond acceptors (Lipinski definition) is 4. The molecular weight excluding hydrogens is 350 g/mol. The zero-order valence-corrected chi connectivity index (χ0v) is 14.8. The molecule has 0 saturated heterocycles. The van der Waals surface area contributed by atoms with Crippen molar-refractivity contribution in [2.24, 2.45) is 0 Å². The number of fused-ring (bicyclic) bond motifs is 1. The molecule has 130 valence electrons. The van der Waals surface area contributed by atoms with Gasteiger partial charge in [-0.1, -0.05) is 23.7 Å². The first-order chi connectivity index (χ1) is 12.7. The van der Waals surface area contributed by atoms with Crippen LogP contribution >= 0.6 is 11.6 Å². The quantitative estimate of drug-likeness (QED) is 0.738. The minimum absolute atomic E-state index is 0.108. The van der Waals surface area contributed by atoms with E-state index in [9.17, 15) is 4.79 Å². The molecule has 5 nitrogen and oxygen atoms in total. The fourth-order valence-electron chi connectivity index (χ4n) is 3.05. The summed E-state index contributed by atoms with van der Waals surface area (Å²) in [5, 5.41) is 3.93. The number of carbonyl (C=O) groups excluding carboxylic acids is 1. The van der Waals surface area contributed by atoms with Crippen molar-refractivity contribution in [1.29, 1.82) is 0 Å². The molecule has 2 heterocycles. The summed E-state index contributed by atoms with van der Waals surface area (Å²) in [7, 11) is 1.61. The number of anilines is 2. The number of amides is 1. The van der Waals surface area contributed by atoms with Gasteiger partial charge in [0.05, 0.1) is 29.1 Å². The number of aromatic nitrogens is 1. The number of hydrogen-bond donors (Lipinski definition) is 1. The predicted molar refractivity (Wildman–Crippen MR) is 102 cm³/mol. The van der Waals surface area contributed by atoms with E-state index in [0.717, 1.165) is 17.1 Å². The van der Waals surface area contributed by atoms with Gasteiger partial charge < -0.3 is 10.1 Å². The number of ether oxygens (including phenoxy) is 1. The molecule has 4 rings (SSSR count). The average Bonchev–Trinajstić information content (AvgIpc) is 2.96. The van der Waals surface area contributed by atoms with Crippen LogP contribution < -0.4 is 15.0 Å². The molecule has 1 aliphatic heterocycles. The second kappa shape index (κ2) is 6.69. The van der Waals surface area contributed by atoms with Crippen molar-refractivity contribution in [3.8, 4) is 5.75 Å². The topological polar surface area (TPSA) is 54.5 Å². The summed E-state index contributed by atoms with van der Waals surface area (Å²) >= 11 is 6.30. The molecule has 1 unspecified atom stereocenters. The van der Waals surface area contributed by atoms with Gasteiger partial charge in [0.2, 0.25) is 0 Å². The lowest BCUT2D eigenvalue weighted by Crippen LogP contribution is -2.32. The Kier molecular flexibility index (Phi) is 4.22. The molecular formula is C20H16ClN3O2. The highest BCUT2D eigenvalue weighted by molar-refractivity contribution is 6.33. The first-order valence-corrected chi connectivity index (χ1v) is 8.50. The number of carbonyl (C=O) groups is 1. The van der Waals surface area contributed by atoms with Crippen molar-refractivity contribution in [3.05, 3.63) is 83.1 Å². The normalized spacial score (nSPS) is 15.7. The molecule has 6 heteroatoms. The molecule has 3 aromatic rings. The molecule has 1 N–H and O–H groups in total. The van der Waals surface area contributed by atoms with Crippen molar-refractivity contribution in [2.45, 2.75) is 6.17 Å². The van der Waals surface area contributed by atoms with E-state index < -0.39 is 6.17 Å². The van der Waals surface area contributed by atoms with Gasteiger partial charge in [-0.2, -0.15) is 0 Å². The van der Waals surface area contributed by atoms with E-state index in [1.165, 1.54) is 0 Å². The summed E-state index contributed by atoms with van der Waals surface area (Å²) in [4.78, 5) is 19.1. The minimum Gasteiger partial charge on any atom is -0.497 e. The molecule has 0 saturated carbocycles. The van der Waals surface area contributed by atoms with Gasteiger partial charge in [0, 0.05) is 11.9 Å². The number of halogens is 1. The molecule has 0 fully saturated rings. The van der Waals surface area contributed by atoms with Gasteiger partial charge in [0.1, 0.15) is 5.75 Å². The molecule has 1 amide bonds. The zero-order chi connectivity index (χ0) is 18.1. The van der Waals surface area contributed by atoms with Crippen LogP contribution in [0.2, 0.25) is 5.02 Å². The number of methoxy groups -OCH3 is 1. The summed E-state index contributed by atoms with van der Waals surface area (Å²) < 4.78 is 5.21. The minimum atomic E-state index is -0.452.